The first kappa shape index (κ1) is 40.6. The Morgan fingerprint density at radius 3 is 1.72 bits per heavy atom. The molecule has 0 fully saturated rings. The molecule has 5 nitrogen and oxygen atoms in total. The van der Waals surface area contributed by atoms with E-state index in [0.29, 0.717) is 28.4 Å². The van der Waals surface area contributed by atoms with Crippen molar-refractivity contribution < 1.29 is 7.48 Å². The standard InChI is InChI=1S/C64H52N4O/c1-43-38-62(65-42-57(43)47-30-33-49(34-31-47)64(2,3)4)68-60-37-32-48(44-18-8-5-9-19-44)39-56(60)55-36-35-52(41-61(55)68)69-51-25-16-24-50(40-51)66-58-28-14-15-29-59(58)67-63-53(45-20-10-6-11-21-45)26-17-27-54(63)46-22-12-7-13-23-46/h5-42,66-67H,1-4H3/i38D,42D. The van der Waals surface area contributed by atoms with Gasteiger partial charge in [0, 0.05) is 51.5 Å². The lowest BCUT2D eigenvalue weighted by Crippen LogP contribution is -2.10. The van der Waals surface area contributed by atoms with Crippen molar-refractivity contribution in [1.29, 1.82) is 0 Å². The minimum Gasteiger partial charge on any atom is -0.457 e. The average Bonchev–Trinajstić information content (AvgIpc) is 3.71. The predicted molar refractivity (Wildman–Crippen MR) is 290 cm³/mol. The van der Waals surface area contributed by atoms with E-state index in [-0.39, 0.29) is 17.6 Å². The summed E-state index contributed by atoms with van der Waals surface area (Å²) < 4.78 is 27.7. The third kappa shape index (κ3) is 8.74. The van der Waals surface area contributed by atoms with E-state index < -0.39 is 0 Å². The molecule has 0 saturated carbocycles. The number of benzene rings is 9. The van der Waals surface area contributed by atoms with Crippen LogP contribution < -0.4 is 15.4 Å². The van der Waals surface area contributed by atoms with Gasteiger partial charge in [-0.1, -0.05) is 178 Å². The normalized spacial score (nSPS) is 11.9. The monoisotopic (exact) mass is 894 g/mol. The highest BCUT2D eigenvalue weighted by Crippen LogP contribution is 2.42. The maximum Gasteiger partial charge on any atom is 0.137 e. The highest BCUT2D eigenvalue weighted by Gasteiger charge is 2.19. The third-order valence-corrected chi connectivity index (χ3v) is 12.8. The van der Waals surface area contributed by atoms with Gasteiger partial charge in [0.2, 0.25) is 0 Å². The van der Waals surface area contributed by atoms with E-state index in [1.165, 1.54) is 5.56 Å². The molecule has 0 unspecified atom stereocenters. The van der Waals surface area contributed by atoms with Crippen LogP contribution in [0.15, 0.2) is 231 Å². The van der Waals surface area contributed by atoms with Crippen LogP contribution in [0.2, 0.25) is 0 Å². The first-order valence-corrected chi connectivity index (χ1v) is 23.4. The Hall–Kier alpha value is -8.67. The molecule has 0 amide bonds. The van der Waals surface area contributed by atoms with Crippen molar-refractivity contribution in [3.63, 3.8) is 0 Å². The molecule has 0 radical (unpaired) electrons. The van der Waals surface area contributed by atoms with Crippen LogP contribution in [0, 0.1) is 6.92 Å². The third-order valence-electron chi connectivity index (χ3n) is 12.8. The highest BCUT2D eigenvalue weighted by molar-refractivity contribution is 6.11. The predicted octanol–water partition coefficient (Wildman–Crippen LogP) is 17.7. The lowest BCUT2D eigenvalue weighted by atomic mass is 9.86. The molecule has 11 rings (SSSR count). The summed E-state index contributed by atoms with van der Waals surface area (Å²) in [7, 11) is 0. The summed E-state index contributed by atoms with van der Waals surface area (Å²) in [6.45, 7) is 8.50. The molecule has 9 aromatic carbocycles. The molecule has 334 valence electrons. The van der Waals surface area contributed by atoms with Gasteiger partial charge in [0.1, 0.15) is 17.3 Å². The van der Waals surface area contributed by atoms with E-state index in [1.807, 2.05) is 102 Å². The number of fused-ring (bicyclic) bond motifs is 3. The van der Waals surface area contributed by atoms with E-state index >= 15 is 0 Å². The molecule has 0 aliphatic rings. The molecule has 0 atom stereocenters. The lowest BCUT2D eigenvalue weighted by molar-refractivity contribution is 0.483. The molecule has 0 bridgehead atoms. The number of aromatic nitrogens is 2. The molecule has 0 aliphatic heterocycles. The summed E-state index contributed by atoms with van der Waals surface area (Å²) in [5.74, 6) is 1.67. The fraction of sp³-hybridized carbons (Fsp3) is 0.0781. The number of hydrogen-bond acceptors (Lipinski definition) is 4. The summed E-state index contributed by atoms with van der Waals surface area (Å²) in [5, 5.41) is 9.53. The topological polar surface area (TPSA) is 51.1 Å². The maximum absolute atomic E-state index is 9.64. The van der Waals surface area contributed by atoms with Crippen molar-refractivity contribution >= 4 is 44.6 Å². The Morgan fingerprint density at radius 2 is 1.06 bits per heavy atom. The van der Waals surface area contributed by atoms with E-state index in [2.05, 4.69) is 159 Å². The van der Waals surface area contributed by atoms with Gasteiger partial charge < -0.3 is 15.4 Å². The Balaban J connectivity index is 0.952. The Labute approximate surface area is 407 Å². The van der Waals surface area contributed by atoms with Crippen LogP contribution in [-0.4, -0.2) is 9.55 Å². The van der Waals surface area contributed by atoms with Gasteiger partial charge in [0.25, 0.3) is 0 Å². The minimum absolute atomic E-state index is 0.00572. The van der Waals surface area contributed by atoms with Gasteiger partial charge in [-0.25, -0.2) is 4.98 Å². The molecule has 2 aromatic heterocycles. The average molecular weight is 895 g/mol. The van der Waals surface area contributed by atoms with Crippen molar-refractivity contribution in [3.8, 4) is 61.8 Å². The number of nitrogens with zero attached hydrogens (tertiary/aromatic N) is 2. The number of nitrogens with one attached hydrogen (secondary N) is 2. The Kier molecular flexibility index (Phi) is 10.7. The zero-order chi connectivity index (χ0) is 48.6. The van der Waals surface area contributed by atoms with Crippen molar-refractivity contribution in [2.24, 2.45) is 0 Å². The van der Waals surface area contributed by atoms with Crippen molar-refractivity contribution in [2.45, 2.75) is 33.1 Å². The van der Waals surface area contributed by atoms with Crippen molar-refractivity contribution in [2.75, 3.05) is 10.6 Å². The second kappa shape index (κ2) is 18.2. The maximum atomic E-state index is 9.64. The van der Waals surface area contributed by atoms with Gasteiger partial charge in [0.15, 0.2) is 0 Å². The fourth-order valence-electron chi connectivity index (χ4n) is 9.25. The number of pyridine rings is 1. The van der Waals surface area contributed by atoms with Crippen molar-refractivity contribution in [3.05, 3.63) is 242 Å². The molecule has 2 heterocycles. The van der Waals surface area contributed by atoms with E-state index in [1.54, 1.807) is 0 Å². The molecule has 69 heavy (non-hydrogen) atoms. The van der Waals surface area contributed by atoms with Gasteiger partial charge in [0.05, 0.1) is 30.8 Å². The van der Waals surface area contributed by atoms with Crippen LogP contribution in [0.1, 0.15) is 34.6 Å². The summed E-state index contributed by atoms with van der Waals surface area (Å²) in [6, 6.07) is 75.1. The molecule has 0 aliphatic carbocycles. The molecular formula is C64H52N4O. The smallest absolute Gasteiger partial charge is 0.137 e. The molecule has 0 spiro atoms. The van der Waals surface area contributed by atoms with Crippen molar-refractivity contribution in [1.82, 2.24) is 9.55 Å². The number of para-hydroxylation sites is 3. The molecule has 11 aromatic rings. The summed E-state index contributed by atoms with van der Waals surface area (Å²) in [6.07, 6.45) is 0.124. The van der Waals surface area contributed by atoms with E-state index in [4.69, 9.17) is 9.72 Å². The minimum atomic E-state index is -0.00572. The fourth-order valence-corrected chi connectivity index (χ4v) is 9.25. The molecule has 2 N–H and O–H groups in total. The second-order valence-electron chi connectivity index (χ2n) is 18.5. The van der Waals surface area contributed by atoms with Crippen LogP contribution in [0.5, 0.6) is 11.5 Å². The SMILES string of the molecule is [2H]c1nc(-n2c3ccc(-c4ccccc4)cc3c3ccc(Oc4cccc(Nc5ccccc5Nc5c(-c6ccccc6)cccc5-c5ccccc5)c4)cc32)c([2H])c(C)c1-c1ccc(C(C)(C)C)cc1. The summed E-state index contributed by atoms with van der Waals surface area (Å²) in [5.41, 5.74) is 15.5. The van der Waals surface area contributed by atoms with Gasteiger partial charge >= 0.3 is 0 Å². The summed E-state index contributed by atoms with van der Waals surface area (Å²) in [4.78, 5) is 4.93. The number of rotatable bonds is 11. The first-order chi connectivity index (χ1) is 34.6. The van der Waals surface area contributed by atoms with Gasteiger partial charge in [-0.05, 0) is 106 Å². The zero-order valence-corrected chi connectivity index (χ0v) is 39.1. The zero-order valence-electron chi connectivity index (χ0n) is 41.1. The van der Waals surface area contributed by atoms with Crippen LogP contribution in [0.4, 0.5) is 22.7 Å². The Morgan fingerprint density at radius 1 is 0.478 bits per heavy atom. The quantitative estimate of drug-likeness (QED) is 0.136. The van der Waals surface area contributed by atoms with Gasteiger partial charge in [-0.15, -0.1) is 0 Å². The number of ether oxygens (including phenoxy) is 1. The summed E-state index contributed by atoms with van der Waals surface area (Å²) >= 11 is 0. The highest BCUT2D eigenvalue weighted by atomic mass is 16.5. The van der Waals surface area contributed by atoms with E-state index in [9.17, 15) is 2.74 Å². The van der Waals surface area contributed by atoms with Crippen LogP contribution in [0.3, 0.4) is 0 Å². The number of anilines is 4. The van der Waals surface area contributed by atoms with Gasteiger partial charge in [-0.2, -0.15) is 0 Å². The van der Waals surface area contributed by atoms with Crippen LogP contribution in [-0.2, 0) is 5.41 Å². The first-order valence-electron chi connectivity index (χ1n) is 24.4. The lowest BCUT2D eigenvalue weighted by Gasteiger charge is -2.20. The second-order valence-corrected chi connectivity index (χ2v) is 18.5. The Bertz CT molecular complexity index is 3680. The van der Waals surface area contributed by atoms with E-state index in [0.717, 1.165) is 83.5 Å². The van der Waals surface area contributed by atoms with Gasteiger partial charge in [-0.3, -0.25) is 4.57 Å². The molecular weight excluding hydrogens is 841 g/mol. The van der Waals surface area contributed by atoms with Crippen LogP contribution in [0.25, 0.3) is 72.1 Å². The van der Waals surface area contributed by atoms with Crippen LogP contribution >= 0.6 is 0 Å². The number of hydrogen-bond donors (Lipinski definition) is 2. The molecule has 5 heteroatoms. The molecule has 0 saturated heterocycles. The largest absolute Gasteiger partial charge is 0.457 e.